The van der Waals surface area contributed by atoms with Gasteiger partial charge in [-0.25, -0.2) is 0 Å². The molecule has 0 aromatic carbocycles. The topological polar surface area (TPSA) is 74.7 Å². The van der Waals surface area contributed by atoms with Gasteiger partial charge in [0.05, 0.1) is 17.4 Å². The summed E-state index contributed by atoms with van der Waals surface area (Å²) < 4.78 is 0. The maximum absolute atomic E-state index is 8.91. The summed E-state index contributed by atoms with van der Waals surface area (Å²) in [5, 5.41) is 12.1. The number of nitriles is 1. The first kappa shape index (κ1) is 12.5. The molecule has 0 aliphatic carbocycles. The summed E-state index contributed by atoms with van der Waals surface area (Å²) in [6.07, 6.45) is 5.07. The molecule has 0 saturated carbocycles. The van der Waals surface area contributed by atoms with Crippen molar-refractivity contribution in [2.75, 3.05) is 11.9 Å². The first-order chi connectivity index (χ1) is 7.65. The van der Waals surface area contributed by atoms with Crippen LogP contribution in [-0.4, -0.2) is 17.1 Å². The predicted molar refractivity (Wildman–Crippen MR) is 64.9 cm³/mol. The van der Waals surface area contributed by atoms with Crippen molar-refractivity contribution in [1.82, 2.24) is 4.98 Å². The van der Waals surface area contributed by atoms with Gasteiger partial charge in [0.1, 0.15) is 6.07 Å². The summed E-state index contributed by atoms with van der Waals surface area (Å²) >= 11 is 0. The highest BCUT2D eigenvalue weighted by Crippen LogP contribution is 2.16. The van der Waals surface area contributed by atoms with E-state index >= 15 is 0 Å². The minimum Gasteiger partial charge on any atom is -0.381 e. The van der Waals surface area contributed by atoms with Gasteiger partial charge in [0.2, 0.25) is 0 Å². The second-order valence-corrected chi connectivity index (χ2v) is 3.96. The Morgan fingerprint density at radius 2 is 2.19 bits per heavy atom. The number of aromatic nitrogens is 1. The van der Waals surface area contributed by atoms with Crippen LogP contribution in [0.4, 0.5) is 5.69 Å². The summed E-state index contributed by atoms with van der Waals surface area (Å²) in [5.74, 6) is 0. The van der Waals surface area contributed by atoms with Crippen LogP contribution in [0.5, 0.6) is 0 Å². The van der Waals surface area contributed by atoms with Crippen LogP contribution in [0.25, 0.3) is 0 Å². The van der Waals surface area contributed by atoms with Gasteiger partial charge in [0.25, 0.3) is 0 Å². The van der Waals surface area contributed by atoms with E-state index in [0.717, 1.165) is 18.5 Å². The highest BCUT2D eigenvalue weighted by atomic mass is 14.9. The molecule has 0 saturated heterocycles. The maximum atomic E-state index is 8.91. The Hall–Kier alpha value is -1.60. The minimum atomic E-state index is -0.220. The van der Waals surface area contributed by atoms with E-state index in [2.05, 4.69) is 30.2 Å². The number of rotatable bonds is 5. The van der Waals surface area contributed by atoms with Crippen molar-refractivity contribution < 1.29 is 0 Å². The van der Waals surface area contributed by atoms with Crippen molar-refractivity contribution in [2.24, 2.45) is 5.73 Å². The molecule has 0 unspecified atom stereocenters. The van der Waals surface area contributed by atoms with Gasteiger partial charge in [-0.05, 0) is 18.9 Å². The van der Waals surface area contributed by atoms with Crippen molar-refractivity contribution in [3.05, 3.63) is 24.0 Å². The third kappa shape index (κ3) is 2.94. The van der Waals surface area contributed by atoms with E-state index in [-0.39, 0.29) is 5.54 Å². The average Bonchev–Trinajstić information content (AvgIpc) is 2.36. The zero-order valence-corrected chi connectivity index (χ0v) is 9.83. The van der Waals surface area contributed by atoms with Gasteiger partial charge in [0.15, 0.2) is 0 Å². The van der Waals surface area contributed by atoms with Crippen molar-refractivity contribution in [3.8, 4) is 6.07 Å². The number of hydrogen-bond acceptors (Lipinski definition) is 4. The molecule has 1 heterocycles. The number of nitrogens with zero attached hydrogens (tertiary/aromatic N) is 2. The maximum Gasteiger partial charge on any atom is 0.101 e. The first-order valence-corrected chi connectivity index (χ1v) is 5.52. The fraction of sp³-hybridized carbons (Fsp3) is 0.500. The molecular formula is C12H18N4. The molecule has 0 bridgehead atoms. The number of hydrogen-bond donors (Lipinski definition) is 2. The molecule has 1 aromatic rings. The lowest BCUT2D eigenvalue weighted by Gasteiger charge is -2.27. The second kappa shape index (κ2) is 5.47. The monoisotopic (exact) mass is 218 g/mol. The Kier molecular flexibility index (Phi) is 4.27. The van der Waals surface area contributed by atoms with Crippen molar-refractivity contribution in [3.63, 3.8) is 0 Å². The van der Waals surface area contributed by atoms with Crippen molar-refractivity contribution in [1.29, 1.82) is 5.26 Å². The average molecular weight is 218 g/mol. The quantitative estimate of drug-likeness (QED) is 0.791. The van der Waals surface area contributed by atoms with Crippen LogP contribution in [0, 0.1) is 11.3 Å². The fourth-order valence-corrected chi connectivity index (χ4v) is 1.40. The molecule has 0 fully saturated rings. The van der Waals surface area contributed by atoms with Gasteiger partial charge in [-0.15, -0.1) is 0 Å². The molecular weight excluding hydrogens is 200 g/mol. The van der Waals surface area contributed by atoms with E-state index in [9.17, 15) is 0 Å². The molecule has 1 rings (SSSR count). The largest absolute Gasteiger partial charge is 0.381 e. The third-order valence-corrected chi connectivity index (χ3v) is 2.98. The SMILES string of the molecule is CCC(N)(CC)CNc1cnccc1C#N. The van der Waals surface area contributed by atoms with Crippen LogP contribution in [-0.2, 0) is 0 Å². The lowest BCUT2D eigenvalue weighted by atomic mass is 9.94. The van der Waals surface area contributed by atoms with Crippen LogP contribution in [0.15, 0.2) is 18.5 Å². The van der Waals surface area contributed by atoms with Gasteiger partial charge in [-0.2, -0.15) is 5.26 Å². The fourth-order valence-electron chi connectivity index (χ4n) is 1.40. The summed E-state index contributed by atoms with van der Waals surface area (Å²) in [5.41, 5.74) is 7.30. The number of pyridine rings is 1. The summed E-state index contributed by atoms with van der Waals surface area (Å²) in [6.45, 7) is 4.79. The molecule has 16 heavy (non-hydrogen) atoms. The third-order valence-electron chi connectivity index (χ3n) is 2.98. The highest BCUT2D eigenvalue weighted by Gasteiger charge is 2.20. The van der Waals surface area contributed by atoms with Crippen LogP contribution in [0.1, 0.15) is 32.3 Å². The molecule has 0 aliphatic heterocycles. The number of nitrogens with one attached hydrogen (secondary N) is 1. The lowest BCUT2D eigenvalue weighted by Crippen LogP contribution is -2.45. The predicted octanol–water partition coefficient (Wildman–Crippen LogP) is 1.88. The molecule has 4 nitrogen and oxygen atoms in total. The summed E-state index contributed by atoms with van der Waals surface area (Å²) in [6, 6.07) is 3.82. The van der Waals surface area contributed by atoms with Gasteiger partial charge in [0, 0.05) is 18.3 Å². The molecule has 4 heteroatoms. The Morgan fingerprint density at radius 1 is 1.50 bits per heavy atom. The van der Waals surface area contributed by atoms with E-state index in [1.807, 2.05) is 0 Å². The Bertz CT molecular complexity index is 377. The van der Waals surface area contributed by atoms with Gasteiger partial charge >= 0.3 is 0 Å². The van der Waals surface area contributed by atoms with Gasteiger partial charge in [-0.3, -0.25) is 4.98 Å². The molecule has 3 N–H and O–H groups in total. The van der Waals surface area contributed by atoms with Crippen LogP contribution < -0.4 is 11.1 Å². The van der Waals surface area contributed by atoms with E-state index < -0.39 is 0 Å². The Morgan fingerprint density at radius 3 is 2.75 bits per heavy atom. The number of nitrogens with two attached hydrogens (primary N) is 1. The van der Waals surface area contributed by atoms with Gasteiger partial charge in [-0.1, -0.05) is 13.8 Å². The molecule has 0 amide bonds. The molecule has 0 spiro atoms. The van der Waals surface area contributed by atoms with E-state index in [4.69, 9.17) is 11.0 Å². The van der Waals surface area contributed by atoms with Crippen LogP contribution >= 0.6 is 0 Å². The highest BCUT2D eigenvalue weighted by molar-refractivity contribution is 5.55. The molecule has 86 valence electrons. The van der Waals surface area contributed by atoms with E-state index in [0.29, 0.717) is 12.1 Å². The molecule has 0 atom stereocenters. The lowest BCUT2D eigenvalue weighted by molar-refractivity contribution is 0.418. The summed E-state index contributed by atoms with van der Waals surface area (Å²) in [7, 11) is 0. The Labute approximate surface area is 96.5 Å². The standard InChI is InChI=1S/C12H18N4/c1-3-12(14,4-2)9-16-11-8-15-6-5-10(11)7-13/h5-6,8,16H,3-4,9,14H2,1-2H3. The normalized spacial score (nSPS) is 10.9. The second-order valence-electron chi connectivity index (χ2n) is 3.96. The first-order valence-electron chi connectivity index (χ1n) is 5.52. The number of anilines is 1. The molecule has 0 aliphatic rings. The Balaban J connectivity index is 2.72. The van der Waals surface area contributed by atoms with Gasteiger partial charge < -0.3 is 11.1 Å². The van der Waals surface area contributed by atoms with Crippen LogP contribution in [0.3, 0.4) is 0 Å². The van der Waals surface area contributed by atoms with E-state index in [1.54, 1.807) is 18.5 Å². The molecule has 0 radical (unpaired) electrons. The summed E-state index contributed by atoms with van der Waals surface area (Å²) in [4.78, 5) is 3.99. The minimum absolute atomic E-state index is 0.220. The van der Waals surface area contributed by atoms with Crippen molar-refractivity contribution >= 4 is 5.69 Å². The van der Waals surface area contributed by atoms with Crippen molar-refractivity contribution in [2.45, 2.75) is 32.2 Å². The zero-order chi connectivity index (χ0) is 12.0. The van der Waals surface area contributed by atoms with Crippen LogP contribution in [0.2, 0.25) is 0 Å². The van der Waals surface area contributed by atoms with E-state index in [1.165, 1.54) is 0 Å². The molecule has 1 aromatic heterocycles. The zero-order valence-electron chi connectivity index (χ0n) is 9.83. The smallest absolute Gasteiger partial charge is 0.101 e.